The van der Waals surface area contributed by atoms with Crippen LogP contribution in [0.3, 0.4) is 0 Å². The second kappa shape index (κ2) is 7.39. The van der Waals surface area contributed by atoms with Crippen LogP contribution in [0, 0.1) is 5.82 Å². The number of aromatic nitrogens is 1. The summed E-state index contributed by atoms with van der Waals surface area (Å²) in [6, 6.07) is 11.7. The molecule has 0 N–H and O–H groups in total. The van der Waals surface area contributed by atoms with Crippen molar-refractivity contribution in [3.05, 3.63) is 59.7 Å². The molecule has 5 rings (SSSR count). The lowest BCUT2D eigenvalue weighted by molar-refractivity contribution is 0.320. The van der Waals surface area contributed by atoms with Crippen LogP contribution in [0.4, 0.5) is 10.1 Å². The van der Waals surface area contributed by atoms with Crippen LogP contribution in [0.1, 0.15) is 49.5 Å². The molecule has 0 saturated carbocycles. The Morgan fingerprint density at radius 2 is 1.96 bits per heavy atom. The van der Waals surface area contributed by atoms with Gasteiger partial charge in [0.2, 0.25) is 0 Å². The SMILES string of the molecule is C[C@@H]1CN2C(=N[C@@H](c3ccccn3)[C@H]2c2ccc(N3CCCCC3)c(F)c2)S1. The molecule has 2 aromatic rings. The normalized spacial score (nSPS) is 27.1. The molecule has 0 radical (unpaired) electrons. The first kappa shape index (κ1) is 18.0. The van der Waals surface area contributed by atoms with Crippen LogP contribution in [-0.2, 0) is 0 Å². The first-order valence-electron chi connectivity index (χ1n) is 10.2. The van der Waals surface area contributed by atoms with E-state index < -0.39 is 0 Å². The Morgan fingerprint density at radius 3 is 2.71 bits per heavy atom. The van der Waals surface area contributed by atoms with Gasteiger partial charge in [0.05, 0.1) is 17.4 Å². The molecule has 28 heavy (non-hydrogen) atoms. The molecular formula is C22H25FN4S. The van der Waals surface area contributed by atoms with Crippen LogP contribution >= 0.6 is 11.8 Å². The zero-order chi connectivity index (χ0) is 19.1. The molecule has 146 valence electrons. The minimum absolute atomic E-state index is 0.00672. The number of piperidine rings is 1. The quantitative estimate of drug-likeness (QED) is 0.746. The Morgan fingerprint density at radius 1 is 1.11 bits per heavy atom. The van der Waals surface area contributed by atoms with Gasteiger partial charge in [-0.05, 0) is 49.1 Å². The number of hydrogen-bond acceptors (Lipinski definition) is 5. The number of amidine groups is 1. The summed E-state index contributed by atoms with van der Waals surface area (Å²) in [7, 11) is 0. The first-order valence-corrected chi connectivity index (χ1v) is 11.0. The molecule has 2 saturated heterocycles. The van der Waals surface area contributed by atoms with Crippen molar-refractivity contribution in [1.82, 2.24) is 9.88 Å². The van der Waals surface area contributed by atoms with Crippen LogP contribution in [0.2, 0.25) is 0 Å². The van der Waals surface area contributed by atoms with E-state index in [-0.39, 0.29) is 17.9 Å². The second-order valence-corrected chi connectivity index (χ2v) is 9.30. The molecule has 3 aliphatic rings. The molecule has 3 aliphatic heterocycles. The van der Waals surface area contributed by atoms with E-state index in [1.165, 1.54) is 6.42 Å². The van der Waals surface area contributed by atoms with Crippen molar-refractivity contribution in [3.63, 3.8) is 0 Å². The Hall–Kier alpha value is -2.08. The van der Waals surface area contributed by atoms with E-state index in [0.29, 0.717) is 5.25 Å². The summed E-state index contributed by atoms with van der Waals surface area (Å²) in [5, 5.41) is 1.57. The highest BCUT2D eigenvalue weighted by atomic mass is 32.2. The molecule has 2 fully saturated rings. The zero-order valence-electron chi connectivity index (χ0n) is 16.1. The lowest BCUT2D eigenvalue weighted by Crippen LogP contribution is -2.31. The molecule has 0 aliphatic carbocycles. The molecule has 1 aromatic carbocycles. The van der Waals surface area contributed by atoms with Crippen LogP contribution < -0.4 is 4.90 Å². The maximum Gasteiger partial charge on any atom is 0.160 e. The average molecular weight is 397 g/mol. The molecule has 4 nitrogen and oxygen atoms in total. The fraction of sp³-hybridized carbons (Fsp3) is 0.455. The lowest BCUT2D eigenvalue weighted by atomic mass is 9.95. The summed E-state index contributed by atoms with van der Waals surface area (Å²) in [6.07, 6.45) is 5.35. The fourth-order valence-corrected chi connectivity index (χ4v) is 5.67. The number of fused-ring (bicyclic) bond motifs is 1. The topological polar surface area (TPSA) is 31.7 Å². The van der Waals surface area contributed by atoms with Crippen molar-refractivity contribution < 1.29 is 4.39 Å². The van der Waals surface area contributed by atoms with Gasteiger partial charge in [-0.2, -0.15) is 0 Å². The summed E-state index contributed by atoms with van der Waals surface area (Å²) in [5.74, 6) is -0.118. The predicted molar refractivity (Wildman–Crippen MR) is 113 cm³/mol. The summed E-state index contributed by atoms with van der Waals surface area (Å²) in [5.41, 5.74) is 2.67. The van der Waals surface area contributed by atoms with Crippen LogP contribution in [0.5, 0.6) is 0 Å². The van der Waals surface area contributed by atoms with Crippen molar-refractivity contribution in [2.45, 2.75) is 43.5 Å². The summed E-state index contributed by atoms with van der Waals surface area (Å²) >= 11 is 1.81. The molecule has 3 atom stereocenters. The summed E-state index contributed by atoms with van der Waals surface area (Å²) < 4.78 is 15.1. The first-order chi connectivity index (χ1) is 13.7. The van der Waals surface area contributed by atoms with E-state index in [1.807, 2.05) is 42.2 Å². The van der Waals surface area contributed by atoms with Crippen LogP contribution in [0.25, 0.3) is 0 Å². The average Bonchev–Trinajstić information content (AvgIpc) is 3.25. The Balaban J connectivity index is 1.50. The minimum Gasteiger partial charge on any atom is -0.369 e. The van der Waals surface area contributed by atoms with E-state index in [0.717, 1.165) is 54.6 Å². The third-order valence-electron chi connectivity index (χ3n) is 5.89. The van der Waals surface area contributed by atoms with Gasteiger partial charge in [-0.25, -0.2) is 4.39 Å². The van der Waals surface area contributed by atoms with E-state index in [2.05, 4.69) is 27.8 Å². The Kier molecular flexibility index (Phi) is 4.75. The number of nitrogens with zero attached hydrogens (tertiary/aromatic N) is 4. The number of hydrogen-bond donors (Lipinski definition) is 0. The van der Waals surface area contributed by atoms with Gasteiger partial charge in [-0.3, -0.25) is 9.98 Å². The second-order valence-electron chi connectivity index (χ2n) is 7.90. The van der Waals surface area contributed by atoms with Gasteiger partial charge in [0, 0.05) is 31.1 Å². The fourth-order valence-electron chi connectivity index (χ4n) is 4.58. The van der Waals surface area contributed by atoms with Gasteiger partial charge >= 0.3 is 0 Å². The summed E-state index contributed by atoms with van der Waals surface area (Å²) in [6.45, 7) is 5.05. The number of thioether (sulfide) groups is 1. The van der Waals surface area contributed by atoms with Crippen LogP contribution in [0.15, 0.2) is 47.6 Å². The molecular weight excluding hydrogens is 371 g/mol. The Labute approximate surface area is 169 Å². The van der Waals surface area contributed by atoms with Crippen LogP contribution in [-0.4, -0.2) is 39.9 Å². The number of aliphatic imine (C=N–C) groups is 1. The molecule has 0 unspecified atom stereocenters. The molecule has 6 heteroatoms. The van der Waals surface area contributed by atoms with Gasteiger partial charge in [0.1, 0.15) is 11.9 Å². The highest BCUT2D eigenvalue weighted by molar-refractivity contribution is 8.14. The number of benzene rings is 1. The highest BCUT2D eigenvalue weighted by Gasteiger charge is 2.43. The standard InChI is InChI=1S/C22H25FN4S/c1-15-14-27-21(20(25-22(27)28-15)18-7-3-4-10-24-18)16-8-9-19(17(23)13-16)26-11-5-2-6-12-26/h3-4,7-10,13,15,20-21H,2,5-6,11-12,14H2,1H3/t15-,20+,21-/m1/s1. The smallest absolute Gasteiger partial charge is 0.160 e. The van der Waals surface area contributed by atoms with E-state index >= 15 is 4.39 Å². The van der Waals surface area contributed by atoms with Crippen molar-refractivity contribution in [1.29, 1.82) is 0 Å². The highest BCUT2D eigenvalue weighted by Crippen LogP contribution is 2.47. The number of pyridine rings is 1. The Bertz CT molecular complexity index is 881. The molecule has 0 amide bonds. The van der Waals surface area contributed by atoms with Gasteiger partial charge < -0.3 is 9.80 Å². The molecule has 0 spiro atoms. The number of halogens is 1. The maximum atomic E-state index is 15.1. The van der Waals surface area contributed by atoms with Crippen molar-refractivity contribution in [2.24, 2.45) is 4.99 Å². The van der Waals surface area contributed by atoms with Gasteiger partial charge in [0.15, 0.2) is 5.17 Å². The monoisotopic (exact) mass is 396 g/mol. The van der Waals surface area contributed by atoms with Crippen molar-refractivity contribution in [2.75, 3.05) is 24.5 Å². The van der Waals surface area contributed by atoms with Gasteiger partial charge in [-0.1, -0.05) is 30.8 Å². The third-order valence-corrected chi connectivity index (χ3v) is 6.99. The van der Waals surface area contributed by atoms with E-state index in [9.17, 15) is 0 Å². The summed E-state index contributed by atoms with van der Waals surface area (Å²) in [4.78, 5) is 14.1. The maximum absolute atomic E-state index is 15.1. The van der Waals surface area contributed by atoms with E-state index in [1.54, 1.807) is 6.07 Å². The van der Waals surface area contributed by atoms with Gasteiger partial charge in [0.25, 0.3) is 0 Å². The minimum atomic E-state index is -0.118. The third kappa shape index (κ3) is 3.17. The number of rotatable bonds is 3. The van der Waals surface area contributed by atoms with E-state index in [4.69, 9.17) is 4.99 Å². The lowest BCUT2D eigenvalue weighted by Gasteiger charge is -2.31. The van der Waals surface area contributed by atoms with Crippen molar-refractivity contribution >= 4 is 22.6 Å². The number of anilines is 1. The molecule has 1 aromatic heterocycles. The largest absolute Gasteiger partial charge is 0.369 e. The van der Waals surface area contributed by atoms with Gasteiger partial charge in [-0.15, -0.1) is 0 Å². The van der Waals surface area contributed by atoms with Crippen molar-refractivity contribution in [3.8, 4) is 0 Å². The molecule has 4 heterocycles. The zero-order valence-corrected chi connectivity index (χ0v) is 16.9. The predicted octanol–water partition coefficient (Wildman–Crippen LogP) is 4.80. The molecule has 0 bridgehead atoms.